The first kappa shape index (κ1) is 18.1. The van der Waals surface area contributed by atoms with Crippen LogP contribution in [-0.2, 0) is 6.54 Å². The molecule has 144 valence electrons. The van der Waals surface area contributed by atoms with Crippen LogP contribution in [0.5, 0.6) is 0 Å². The van der Waals surface area contributed by atoms with E-state index in [4.69, 9.17) is 4.42 Å². The normalized spacial score (nSPS) is 10.5. The molecule has 9 heteroatoms. The van der Waals surface area contributed by atoms with Crippen LogP contribution in [0.15, 0.2) is 77.4 Å². The van der Waals surface area contributed by atoms with Gasteiger partial charge in [0.05, 0.1) is 12.8 Å². The van der Waals surface area contributed by atoms with E-state index in [1.165, 1.54) is 17.1 Å². The zero-order chi connectivity index (χ0) is 20.1. The standard InChI is InChI=1S/C20H16N6O3/c27-19(22-23-20(28)17-7-4-12-29-17)16-10-8-14(9-11-16)13-26-24-18(21-25-26)15-5-2-1-3-6-15/h1-12H,13H2,(H,22,27)(H,23,28). The van der Waals surface area contributed by atoms with Crippen molar-refractivity contribution in [1.82, 2.24) is 31.1 Å². The number of amides is 2. The summed E-state index contributed by atoms with van der Waals surface area (Å²) in [5, 5.41) is 12.5. The maximum atomic E-state index is 12.2. The predicted molar refractivity (Wildman–Crippen MR) is 102 cm³/mol. The highest BCUT2D eigenvalue weighted by Crippen LogP contribution is 2.12. The van der Waals surface area contributed by atoms with Crippen LogP contribution in [0, 0.1) is 0 Å². The highest BCUT2D eigenvalue weighted by Gasteiger charge is 2.11. The molecule has 0 aliphatic rings. The van der Waals surface area contributed by atoms with Crippen molar-refractivity contribution in [2.24, 2.45) is 0 Å². The van der Waals surface area contributed by atoms with Gasteiger partial charge in [0, 0.05) is 11.1 Å². The van der Waals surface area contributed by atoms with Crippen LogP contribution in [0.25, 0.3) is 11.4 Å². The average molecular weight is 388 g/mol. The summed E-state index contributed by atoms with van der Waals surface area (Å²) in [6, 6.07) is 19.5. The van der Waals surface area contributed by atoms with Crippen molar-refractivity contribution >= 4 is 11.8 Å². The minimum absolute atomic E-state index is 0.107. The Morgan fingerprint density at radius 2 is 1.66 bits per heavy atom. The average Bonchev–Trinajstić information content (AvgIpc) is 3.45. The van der Waals surface area contributed by atoms with Crippen molar-refractivity contribution in [1.29, 1.82) is 0 Å². The third kappa shape index (κ3) is 4.35. The number of carbonyl (C=O) groups excluding carboxylic acids is 2. The van der Waals surface area contributed by atoms with Gasteiger partial charge in [-0.1, -0.05) is 42.5 Å². The summed E-state index contributed by atoms with van der Waals surface area (Å²) in [6.45, 7) is 0.414. The summed E-state index contributed by atoms with van der Waals surface area (Å²) >= 11 is 0. The first-order chi connectivity index (χ1) is 14.2. The summed E-state index contributed by atoms with van der Waals surface area (Å²) in [7, 11) is 0. The fourth-order valence-electron chi connectivity index (χ4n) is 2.59. The van der Waals surface area contributed by atoms with Crippen LogP contribution in [-0.4, -0.2) is 32.0 Å². The first-order valence-electron chi connectivity index (χ1n) is 8.75. The summed E-state index contributed by atoms with van der Waals surface area (Å²) in [5.41, 5.74) is 6.82. The van der Waals surface area contributed by atoms with E-state index >= 15 is 0 Å². The van der Waals surface area contributed by atoms with E-state index in [2.05, 4.69) is 26.3 Å². The largest absolute Gasteiger partial charge is 0.459 e. The molecule has 0 fully saturated rings. The summed E-state index contributed by atoms with van der Waals surface area (Å²) in [5.74, 6) is -0.321. The van der Waals surface area contributed by atoms with Crippen molar-refractivity contribution < 1.29 is 14.0 Å². The Kier molecular flexibility index (Phi) is 5.10. The molecule has 0 radical (unpaired) electrons. The number of tetrazole rings is 1. The van der Waals surface area contributed by atoms with Crippen LogP contribution in [0.2, 0.25) is 0 Å². The van der Waals surface area contributed by atoms with E-state index in [1.807, 2.05) is 30.3 Å². The molecule has 29 heavy (non-hydrogen) atoms. The molecular formula is C20H16N6O3. The Labute approximate surface area is 165 Å². The van der Waals surface area contributed by atoms with Gasteiger partial charge in [-0.15, -0.1) is 10.2 Å². The Bertz CT molecular complexity index is 1100. The van der Waals surface area contributed by atoms with Gasteiger partial charge in [0.25, 0.3) is 5.91 Å². The minimum Gasteiger partial charge on any atom is -0.459 e. The molecule has 4 aromatic rings. The number of rotatable bonds is 5. The maximum Gasteiger partial charge on any atom is 0.305 e. The lowest BCUT2D eigenvalue weighted by atomic mass is 10.1. The molecule has 0 saturated heterocycles. The number of aromatic nitrogens is 4. The number of hydrogen-bond donors (Lipinski definition) is 2. The molecule has 2 amide bonds. The topological polar surface area (TPSA) is 115 Å². The summed E-state index contributed by atoms with van der Waals surface area (Å²) in [4.78, 5) is 25.4. The first-order valence-corrected chi connectivity index (χ1v) is 8.75. The molecule has 0 spiro atoms. The fraction of sp³-hybridized carbons (Fsp3) is 0.0500. The van der Waals surface area contributed by atoms with Crippen molar-refractivity contribution in [3.63, 3.8) is 0 Å². The third-order valence-corrected chi connectivity index (χ3v) is 4.06. The van der Waals surface area contributed by atoms with E-state index in [9.17, 15) is 9.59 Å². The highest BCUT2D eigenvalue weighted by molar-refractivity contribution is 5.97. The Morgan fingerprint density at radius 1 is 0.897 bits per heavy atom. The van der Waals surface area contributed by atoms with Crippen LogP contribution in [0.3, 0.4) is 0 Å². The monoisotopic (exact) mass is 388 g/mol. The lowest BCUT2D eigenvalue weighted by Gasteiger charge is -2.06. The highest BCUT2D eigenvalue weighted by atomic mass is 16.3. The molecule has 4 rings (SSSR count). The van der Waals surface area contributed by atoms with Crippen LogP contribution >= 0.6 is 0 Å². The Morgan fingerprint density at radius 3 is 2.38 bits per heavy atom. The van der Waals surface area contributed by atoms with Gasteiger partial charge in [-0.2, -0.15) is 4.80 Å². The van der Waals surface area contributed by atoms with Gasteiger partial charge in [-0.05, 0) is 35.0 Å². The van der Waals surface area contributed by atoms with Gasteiger partial charge < -0.3 is 4.42 Å². The van der Waals surface area contributed by atoms with E-state index in [0.29, 0.717) is 17.9 Å². The number of furan rings is 1. The molecule has 9 nitrogen and oxygen atoms in total. The summed E-state index contributed by atoms with van der Waals surface area (Å²) < 4.78 is 4.95. The van der Waals surface area contributed by atoms with Gasteiger partial charge in [0.1, 0.15) is 0 Å². The third-order valence-electron chi connectivity index (χ3n) is 4.06. The van der Waals surface area contributed by atoms with Crippen LogP contribution in [0.1, 0.15) is 26.5 Å². The quantitative estimate of drug-likeness (QED) is 0.506. The smallest absolute Gasteiger partial charge is 0.305 e. The van der Waals surface area contributed by atoms with Gasteiger partial charge in [0.2, 0.25) is 5.82 Å². The minimum atomic E-state index is -0.536. The van der Waals surface area contributed by atoms with Crippen molar-refractivity contribution in [3.8, 4) is 11.4 Å². The lowest BCUT2D eigenvalue weighted by Crippen LogP contribution is -2.41. The molecule has 0 unspecified atom stereocenters. The van der Waals surface area contributed by atoms with E-state index in [0.717, 1.165) is 11.1 Å². The Hall–Kier alpha value is -4.27. The maximum absolute atomic E-state index is 12.2. The second-order valence-corrected chi connectivity index (χ2v) is 6.09. The molecule has 0 bridgehead atoms. The van der Waals surface area contributed by atoms with Crippen LogP contribution < -0.4 is 10.9 Å². The SMILES string of the molecule is O=C(NNC(=O)c1ccco1)c1ccc(Cn2nnc(-c3ccccc3)n2)cc1. The predicted octanol–water partition coefficient (Wildman–Crippen LogP) is 2.06. The number of hydrogen-bond acceptors (Lipinski definition) is 6. The number of carbonyl (C=O) groups is 2. The zero-order valence-corrected chi connectivity index (χ0v) is 15.1. The Balaban J connectivity index is 1.35. The van der Waals surface area contributed by atoms with Crippen LogP contribution in [0.4, 0.5) is 0 Å². The zero-order valence-electron chi connectivity index (χ0n) is 15.1. The molecule has 2 aromatic carbocycles. The molecule has 0 saturated carbocycles. The van der Waals surface area contributed by atoms with Crippen molar-refractivity contribution in [2.75, 3.05) is 0 Å². The van der Waals surface area contributed by atoms with Gasteiger partial charge in [-0.25, -0.2) is 0 Å². The number of nitrogens with zero attached hydrogens (tertiary/aromatic N) is 4. The van der Waals surface area contributed by atoms with Gasteiger partial charge >= 0.3 is 5.91 Å². The number of hydrazine groups is 1. The number of nitrogens with one attached hydrogen (secondary N) is 2. The van der Waals surface area contributed by atoms with Gasteiger partial charge in [0.15, 0.2) is 5.76 Å². The van der Waals surface area contributed by atoms with E-state index < -0.39 is 11.8 Å². The van der Waals surface area contributed by atoms with E-state index in [-0.39, 0.29) is 5.76 Å². The number of benzene rings is 2. The van der Waals surface area contributed by atoms with Crippen molar-refractivity contribution in [2.45, 2.75) is 6.54 Å². The van der Waals surface area contributed by atoms with Crippen molar-refractivity contribution in [3.05, 3.63) is 89.9 Å². The molecule has 2 heterocycles. The molecule has 2 N–H and O–H groups in total. The molecular weight excluding hydrogens is 372 g/mol. The fourth-order valence-corrected chi connectivity index (χ4v) is 2.59. The van der Waals surface area contributed by atoms with E-state index in [1.54, 1.807) is 30.3 Å². The molecule has 0 aliphatic carbocycles. The second-order valence-electron chi connectivity index (χ2n) is 6.09. The molecule has 0 aliphatic heterocycles. The van der Waals surface area contributed by atoms with Gasteiger partial charge in [-0.3, -0.25) is 20.4 Å². The second kappa shape index (κ2) is 8.17. The lowest BCUT2D eigenvalue weighted by molar-refractivity contribution is 0.0831. The molecule has 2 aromatic heterocycles. The summed E-state index contributed by atoms with van der Waals surface area (Å²) in [6.07, 6.45) is 1.38. The molecule has 0 atom stereocenters.